The first kappa shape index (κ1) is 18.6. The molecule has 0 fully saturated rings. The summed E-state index contributed by atoms with van der Waals surface area (Å²) in [5.41, 5.74) is 2.81. The van der Waals surface area contributed by atoms with Gasteiger partial charge in [0.2, 0.25) is 0 Å². The van der Waals surface area contributed by atoms with Crippen LogP contribution < -0.4 is 4.74 Å². The Morgan fingerprint density at radius 2 is 1.96 bits per heavy atom. The molecule has 2 aromatic carbocycles. The van der Waals surface area contributed by atoms with Crippen molar-refractivity contribution in [2.45, 2.75) is 33.3 Å². The van der Waals surface area contributed by atoms with Crippen LogP contribution in [0.25, 0.3) is 32.7 Å². The largest absolute Gasteiger partial charge is 0.480 e. The Morgan fingerprint density at radius 3 is 2.71 bits per heavy atom. The topological polar surface area (TPSA) is 64.2 Å². The van der Waals surface area contributed by atoms with Crippen molar-refractivity contribution < 1.29 is 14.3 Å². The number of ether oxygens (including phenoxy) is 2. The van der Waals surface area contributed by atoms with E-state index in [0.29, 0.717) is 16.4 Å². The van der Waals surface area contributed by atoms with Gasteiger partial charge in [-0.2, -0.15) is 0 Å². The van der Waals surface area contributed by atoms with Crippen molar-refractivity contribution in [2.24, 2.45) is 0 Å². The van der Waals surface area contributed by atoms with Gasteiger partial charge in [-0.3, -0.25) is 0 Å². The van der Waals surface area contributed by atoms with Crippen molar-refractivity contribution in [3.63, 3.8) is 0 Å². The molecule has 0 spiro atoms. The first-order valence-electron chi connectivity index (χ1n) is 9.08. The van der Waals surface area contributed by atoms with Crippen LogP contribution in [0.3, 0.4) is 0 Å². The fourth-order valence-electron chi connectivity index (χ4n) is 3.32. The number of aryl methyl sites for hydroxylation is 1. The third-order valence-corrected chi connectivity index (χ3v) is 4.81. The molecule has 2 heterocycles. The van der Waals surface area contributed by atoms with Gasteiger partial charge in [-0.1, -0.05) is 29.8 Å². The predicted molar refractivity (Wildman–Crippen MR) is 112 cm³/mol. The lowest BCUT2D eigenvalue weighted by Gasteiger charge is -2.19. The lowest BCUT2D eigenvalue weighted by Crippen LogP contribution is -2.27. The number of halogens is 1. The van der Waals surface area contributed by atoms with Gasteiger partial charge in [0.1, 0.15) is 22.0 Å². The molecule has 0 aliphatic carbocycles. The summed E-state index contributed by atoms with van der Waals surface area (Å²) in [7, 11) is 0. The first-order valence-corrected chi connectivity index (χ1v) is 9.45. The number of nitrogens with zero attached hydrogens (tertiary/aromatic N) is 1. The van der Waals surface area contributed by atoms with E-state index in [2.05, 4.69) is 4.98 Å². The number of carbonyl (C=O) groups is 1. The lowest BCUT2D eigenvalue weighted by molar-refractivity contribution is -0.157. The maximum atomic E-state index is 12.1. The van der Waals surface area contributed by atoms with E-state index in [1.165, 1.54) is 0 Å². The van der Waals surface area contributed by atoms with Crippen LogP contribution in [0.4, 0.5) is 0 Å². The van der Waals surface area contributed by atoms with Crippen LogP contribution in [0.2, 0.25) is 5.15 Å². The van der Waals surface area contributed by atoms with Gasteiger partial charge >= 0.3 is 5.97 Å². The molecule has 0 unspecified atom stereocenters. The molecule has 144 valence electrons. The number of benzene rings is 2. The minimum Gasteiger partial charge on any atom is -0.480 e. The zero-order valence-electron chi connectivity index (χ0n) is 16.2. The van der Waals surface area contributed by atoms with E-state index in [4.69, 9.17) is 26.1 Å². The summed E-state index contributed by atoms with van der Waals surface area (Å²) >= 11 is 6.34. The number of H-pyrrole nitrogens is 1. The number of esters is 1. The third-order valence-electron chi connectivity index (χ3n) is 4.42. The molecule has 0 aliphatic heterocycles. The van der Waals surface area contributed by atoms with Crippen LogP contribution in [0.5, 0.6) is 5.75 Å². The highest BCUT2D eigenvalue weighted by Gasteiger charge is 2.19. The van der Waals surface area contributed by atoms with Crippen molar-refractivity contribution in [2.75, 3.05) is 6.61 Å². The van der Waals surface area contributed by atoms with Crippen molar-refractivity contribution in [1.29, 1.82) is 0 Å². The monoisotopic (exact) mass is 396 g/mol. The van der Waals surface area contributed by atoms with E-state index in [9.17, 15) is 4.79 Å². The van der Waals surface area contributed by atoms with E-state index in [-0.39, 0.29) is 6.61 Å². The number of hydrogen-bond acceptors (Lipinski definition) is 4. The van der Waals surface area contributed by atoms with Gasteiger partial charge < -0.3 is 14.5 Å². The second-order valence-electron chi connectivity index (χ2n) is 7.83. The summed E-state index contributed by atoms with van der Waals surface area (Å²) in [6, 6.07) is 11.8. The van der Waals surface area contributed by atoms with E-state index in [0.717, 1.165) is 32.8 Å². The van der Waals surface area contributed by atoms with Crippen molar-refractivity contribution in [3.8, 4) is 5.75 Å². The van der Waals surface area contributed by atoms with E-state index < -0.39 is 11.6 Å². The van der Waals surface area contributed by atoms with Crippen molar-refractivity contribution >= 4 is 50.3 Å². The lowest BCUT2D eigenvalue weighted by atomic mass is 10.1. The second kappa shape index (κ2) is 6.67. The number of hydrogen-bond donors (Lipinski definition) is 1. The number of pyridine rings is 1. The van der Waals surface area contributed by atoms with Crippen molar-refractivity contribution in [1.82, 2.24) is 9.97 Å². The molecule has 0 atom stereocenters. The fraction of sp³-hybridized carbons (Fsp3) is 0.273. The molecule has 6 heteroatoms. The van der Waals surface area contributed by atoms with E-state index >= 15 is 0 Å². The Bertz CT molecular complexity index is 1220. The number of fused-ring (bicyclic) bond motifs is 5. The highest BCUT2D eigenvalue weighted by atomic mass is 35.5. The van der Waals surface area contributed by atoms with Crippen LogP contribution in [-0.2, 0) is 9.53 Å². The highest BCUT2D eigenvalue weighted by molar-refractivity contribution is 6.31. The third kappa shape index (κ3) is 3.38. The summed E-state index contributed by atoms with van der Waals surface area (Å²) in [6.07, 6.45) is 0. The molecule has 0 radical (unpaired) electrons. The molecule has 4 aromatic rings. The molecule has 0 saturated carbocycles. The molecular formula is C22H21ClN2O3. The minimum atomic E-state index is -0.560. The van der Waals surface area contributed by atoms with Crippen LogP contribution in [0, 0.1) is 6.92 Å². The average molecular weight is 397 g/mol. The smallest absolute Gasteiger partial charge is 0.344 e. The number of aromatic nitrogens is 2. The SMILES string of the molecule is Cc1cc2cc(OCC(=O)OC(C)(C)C)c3nc4ccccc4c3c2[nH]c1Cl. The summed E-state index contributed by atoms with van der Waals surface area (Å²) in [5, 5.41) is 3.45. The van der Waals surface area contributed by atoms with Gasteiger partial charge in [0, 0.05) is 16.2 Å². The van der Waals surface area contributed by atoms with E-state index in [1.54, 1.807) is 0 Å². The van der Waals surface area contributed by atoms with Gasteiger partial charge in [0.25, 0.3) is 0 Å². The minimum absolute atomic E-state index is 0.183. The normalized spacial score (nSPS) is 12.0. The molecule has 0 bridgehead atoms. The quantitative estimate of drug-likeness (QED) is 0.364. The first-order chi connectivity index (χ1) is 13.2. The number of nitrogens with one attached hydrogen (secondary N) is 1. The number of carbonyl (C=O) groups excluding carboxylic acids is 1. The predicted octanol–water partition coefficient (Wildman–Crippen LogP) is 5.55. The number of rotatable bonds is 3. The van der Waals surface area contributed by atoms with Crippen LogP contribution in [0.1, 0.15) is 26.3 Å². The Balaban J connectivity index is 1.88. The van der Waals surface area contributed by atoms with E-state index in [1.807, 2.05) is 64.1 Å². The van der Waals surface area contributed by atoms with Crippen molar-refractivity contribution in [3.05, 3.63) is 47.1 Å². The summed E-state index contributed by atoms with van der Waals surface area (Å²) in [6.45, 7) is 7.23. The molecule has 5 nitrogen and oxygen atoms in total. The van der Waals surface area contributed by atoms with Gasteiger partial charge in [-0.05, 0) is 51.5 Å². The second-order valence-corrected chi connectivity index (χ2v) is 8.21. The maximum absolute atomic E-state index is 12.1. The number of aromatic amines is 1. The maximum Gasteiger partial charge on any atom is 0.344 e. The molecule has 0 amide bonds. The Kier molecular flexibility index (Phi) is 4.42. The zero-order valence-corrected chi connectivity index (χ0v) is 17.0. The van der Waals surface area contributed by atoms with Crippen LogP contribution in [-0.4, -0.2) is 28.1 Å². The standard InChI is InChI=1S/C22H21ClN2O3/c1-12-9-13-10-16(27-11-17(26)28-22(2,3)4)20-18(19(13)25-21(12)23)14-7-5-6-8-15(14)24-20/h5-10,25H,11H2,1-4H3. The summed E-state index contributed by atoms with van der Waals surface area (Å²) in [4.78, 5) is 20.1. The Morgan fingerprint density at radius 1 is 1.21 bits per heavy atom. The van der Waals surface area contributed by atoms with Gasteiger partial charge in [-0.15, -0.1) is 0 Å². The molecule has 4 rings (SSSR count). The Hall–Kier alpha value is -2.79. The molecule has 0 aliphatic rings. The van der Waals surface area contributed by atoms with Crippen LogP contribution >= 0.6 is 11.6 Å². The zero-order chi connectivity index (χ0) is 20.1. The van der Waals surface area contributed by atoms with Gasteiger partial charge in [-0.25, -0.2) is 9.78 Å². The van der Waals surface area contributed by atoms with Crippen LogP contribution in [0.15, 0.2) is 36.4 Å². The molecule has 28 heavy (non-hydrogen) atoms. The Labute approximate surface area is 167 Å². The number of para-hydroxylation sites is 1. The average Bonchev–Trinajstić information content (AvgIpc) is 2.99. The molecular weight excluding hydrogens is 376 g/mol. The van der Waals surface area contributed by atoms with Gasteiger partial charge in [0.05, 0.1) is 11.0 Å². The molecule has 0 saturated heterocycles. The molecule has 1 N–H and O–H groups in total. The van der Waals surface area contributed by atoms with Gasteiger partial charge in [0.15, 0.2) is 6.61 Å². The highest BCUT2D eigenvalue weighted by Crippen LogP contribution is 2.38. The summed E-state index contributed by atoms with van der Waals surface area (Å²) in [5.74, 6) is 0.121. The molecule has 2 aromatic heterocycles. The summed E-state index contributed by atoms with van der Waals surface area (Å²) < 4.78 is 11.2. The fourth-order valence-corrected chi connectivity index (χ4v) is 3.46.